The van der Waals surface area contributed by atoms with Crippen molar-refractivity contribution in [3.63, 3.8) is 0 Å². The van der Waals surface area contributed by atoms with Crippen LogP contribution in [0.5, 0.6) is 5.75 Å². The number of hydrogen-bond donors (Lipinski definition) is 0. The van der Waals surface area contributed by atoms with Gasteiger partial charge in [0.25, 0.3) is 0 Å². The van der Waals surface area contributed by atoms with Gasteiger partial charge in [-0.1, -0.05) is 30.3 Å². The van der Waals surface area contributed by atoms with Crippen LogP contribution in [0, 0.1) is 0 Å². The van der Waals surface area contributed by atoms with Crippen molar-refractivity contribution >= 4 is 20.9 Å². The molecular weight excluding hydrogens is 488 g/mol. The van der Waals surface area contributed by atoms with Crippen LogP contribution in [0.3, 0.4) is 0 Å². The van der Waals surface area contributed by atoms with Gasteiger partial charge >= 0.3 is 0 Å². The zero-order valence-electron chi connectivity index (χ0n) is 21.0. The molecule has 3 heterocycles. The minimum absolute atomic E-state index is 0.0881. The fourth-order valence-corrected chi connectivity index (χ4v) is 7.55. The molecule has 4 aromatic rings. The van der Waals surface area contributed by atoms with Gasteiger partial charge in [0, 0.05) is 54.8 Å². The summed E-state index contributed by atoms with van der Waals surface area (Å²) in [5, 5.41) is 5.31. The molecule has 2 fully saturated rings. The third-order valence-electron chi connectivity index (χ3n) is 7.79. The standard InChI is InChI=1S/C28H30N4O4S/c1-30-18-22(8-11-27(30)33)32-25-15-26(36-2)24(14-21(25)17-29-32)28(16-20-6-4-3-5-7-20)12-13-31(19-28)37(34,35)23-9-10-23/h3-8,11,14-15,17-18,23H,9-10,12-13,16,19H2,1-2H3. The van der Waals surface area contributed by atoms with E-state index in [0.717, 1.165) is 40.6 Å². The van der Waals surface area contributed by atoms with Crippen LogP contribution in [-0.2, 0) is 28.9 Å². The maximum absolute atomic E-state index is 13.2. The minimum Gasteiger partial charge on any atom is -0.496 e. The zero-order chi connectivity index (χ0) is 25.8. The molecule has 9 heteroatoms. The van der Waals surface area contributed by atoms with Crippen molar-refractivity contribution in [2.75, 3.05) is 20.2 Å². The number of benzene rings is 2. The molecule has 6 rings (SSSR count). The summed E-state index contributed by atoms with van der Waals surface area (Å²) in [6.07, 6.45) is 6.50. The second-order valence-corrected chi connectivity index (χ2v) is 12.5. The number of fused-ring (bicyclic) bond motifs is 1. The van der Waals surface area contributed by atoms with Gasteiger partial charge in [-0.05, 0) is 43.4 Å². The maximum Gasteiger partial charge on any atom is 0.250 e. The fraction of sp³-hybridized carbons (Fsp3) is 0.357. The zero-order valence-corrected chi connectivity index (χ0v) is 21.8. The molecule has 1 unspecified atom stereocenters. The molecule has 192 valence electrons. The SMILES string of the molecule is COc1cc2c(cnn2-c2ccc(=O)n(C)c2)cc1C1(Cc2ccccc2)CCN(S(=O)(=O)C2CC2)C1. The van der Waals surface area contributed by atoms with Crippen LogP contribution >= 0.6 is 0 Å². The van der Waals surface area contributed by atoms with Crippen molar-refractivity contribution in [1.29, 1.82) is 0 Å². The van der Waals surface area contributed by atoms with E-state index in [1.54, 1.807) is 35.4 Å². The summed E-state index contributed by atoms with van der Waals surface area (Å²) in [5.74, 6) is 0.709. The maximum atomic E-state index is 13.2. The Morgan fingerprint density at radius 1 is 1.11 bits per heavy atom. The van der Waals surface area contributed by atoms with E-state index < -0.39 is 15.4 Å². The van der Waals surface area contributed by atoms with Crippen molar-refractivity contribution in [2.24, 2.45) is 7.05 Å². The Bertz CT molecular complexity index is 1640. The Morgan fingerprint density at radius 2 is 1.89 bits per heavy atom. The Morgan fingerprint density at radius 3 is 2.59 bits per heavy atom. The highest BCUT2D eigenvalue weighted by Gasteiger charge is 2.49. The van der Waals surface area contributed by atoms with Crippen LogP contribution in [0.15, 0.2) is 71.8 Å². The molecule has 37 heavy (non-hydrogen) atoms. The number of rotatable bonds is 7. The largest absolute Gasteiger partial charge is 0.496 e. The third-order valence-corrected chi connectivity index (χ3v) is 10.1. The van der Waals surface area contributed by atoms with Gasteiger partial charge < -0.3 is 9.30 Å². The van der Waals surface area contributed by atoms with Gasteiger partial charge in [0.1, 0.15) is 5.75 Å². The first-order valence-corrected chi connectivity index (χ1v) is 14.1. The molecule has 0 bridgehead atoms. The molecule has 2 aliphatic rings. The van der Waals surface area contributed by atoms with Gasteiger partial charge in [0.2, 0.25) is 15.6 Å². The van der Waals surface area contributed by atoms with E-state index in [-0.39, 0.29) is 10.8 Å². The minimum atomic E-state index is -3.29. The van der Waals surface area contributed by atoms with Gasteiger partial charge in [-0.25, -0.2) is 17.4 Å². The van der Waals surface area contributed by atoms with Gasteiger partial charge in [0.15, 0.2) is 0 Å². The van der Waals surface area contributed by atoms with Gasteiger partial charge in [0.05, 0.1) is 29.8 Å². The summed E-state index contributed by atoms with van der Waals surface area (Å²) in [6, 6.07) is 17.6. The van der Waals surface area contributed by atoms with Crippen molar-refractivity contribution in [2.45, 2.75) is 36.3 Å². The molecular formula is C28H30N4O4S. The molecule has 1 aliphatic heterocycles. The average molecular weight is 519 g/mol. The van der Waals surface area contributed by atoms with Crippen LogP contribution < -0.4 is 10.3 Å². The Kier molecular flexibility index (Phi) is 5.72. The topological polar surface area (TPSA) is 86.4 Å². The summed E-state index contributed by atoms with van der Waals surface area (Å²) >= 11 is 0. The normalized spacial score (nSPS) is 20.5. The number of nitrogens with zero attached hydrogens (tertiary/aromatic N) is 4. The summed E-state index contributed by atoms with van der Waals surface area (Å²) in [7, 11) is 0.0774. The smallest absolute Gasteiger partial charge is 0.250 e. The fourth-order valence-electron chi connectivity index (χ4n) is 5.62. The number of aryl methyl sites for hydroxylation is 1. The first kappa shape index (κ1) is 23.9. The van der Waals surface area contributed by atoms with Gasteiger partial charge in [-0.2, -0.15) is 5.10 Å². The van der Waals surface area contributed by atoms with Crippen molar-refractivity contribution in [3.8, 4) is 11.4 Å². The predicted octanol–water partition coefficient (Wildman–Crippen LogP) is 3.41. The van der Waals surface area contributed by atoms with Crippen molar-refractivity contribution in [1.82, 2.24) is 18.7 Å². The number of aromatic nitrogens is 3. The number of pyridine rings is 1. The number of sulfonamides is 1. The molecule has 1 saturated carbocycles. The molecule has 0 spiro atoms. The lowest BCUT2D eigenvalue weighted by molar-refractivity contribution is 0.371. The molecule has 0 radical (unpaired) electrons. The average Bonchev–Trinajstić information content (AvgIpc) is 3.56. The molecule has 8 nitrogen and oxygen atoms in total. The highest BCUT2D eigenvalue weighted by Crippen LogP contribution is 2.46. The van der Waals surface area contributed by atoms with Gasteiger partial charge in [-0.15, -0.1) is 0 Å². The first-order chi connectivity index (χ1) is 17.8. The summed E-state index contributed by atoms with van der Waals surface area (Å²) in [4.78, 5) is 11.9. The van der Waals surface area contributed by atoms with Crippen LogP contribution in [0.4, 0.5) is 0 Å². The van der Waals surface area contributed by atoms with Crippen LogP contribution in [-0.4, -0.2) is 52.5 Å². The van der Waals surface area contributed by atoms with Crippen LogP contribution in [0.2, 0.25) is 0 Å². The van der Waals surface area contributed by atoms with Gasteiger partial charge in [-0.3, -0.25) is 4.79 Å². The Labute approximate surface area is 216 Å². The van der Waals surface area contributed by atoms with E-state index in [4.69, 9.17) is 4.74 Å². The predicted molar refractivity (Wildman–Crippen MR) is 143 cm³/mol. The molecule has 2 aromatic carbocycles. The lowest BCUT2D eigenvalue weighted by Gasteiger charge is -2.32. The second-order valence-electron chi connectivity index (χ2n) is 10.3. The molecule has 1 atom stereocenters. The van der Waals surface area contributed by atoms with E-state index in [2.05, 4.69) is 23.3 Å². The van der Waals surface area contributed by atoms with Crippen molar-refractivity contribution < 1.29 is 13.2 Å². The van der Waals surface area contributed by atoms with E-state index in [0.29, 0.717) is 31.7 Å². The van der Waals surface area contributed by atoms with E-state index in [1.807, 2.05) is 30.5 Å². The highest BCUT2D eigenvalue weighted by atomic mass is 32.2. The monoisotopic (exact) mass is 518 g/mol. The van der Waals surface area contributed by atoms with Crippen molar-refractivity contribution in [3.05, 3.63) is 88.5 Å². The lowest BCUT2D eigenvalue weighted by atomic mass is 9.74. The molecule has 1 saturated heterocycles. The number of ether oxygens (including phenoxy) is 1. The van der Waals surface area contributed by atoms with E-state index >= 15 is 0 Å². The summed E-state index contributed by atoms with van der Waals surface area (Å²) < 4.78 is 37.4. The Hall–Kier alpha value is -3.43. The van der Waals surface area contributed by atoms with E-state index in [1.165, 1.54) is 10.6 Å². The molecule has 2 aromatic heterocycles. The highest BCUT2D eigenvalue weighted by molar-refractivity contribution is 7.90. The molecule has 1 aliphatic carbocycles. The third kappa shape index (κ3) is 4.16. The lowest BCUT2D eigenvalue weighted by Crippen LogP contribution is -2.37. The molecule has 0 N–H and O–H groups in total. The Balaban J connectivity index is 1.47. The quantitative estimate of drug-likeness (QED) is 0.374. The second kappa shape index (κ2) is 8.85. The first-order valence-electron chi connectivity index (χ1n) is 12.6. The number of methoxy groups -OCH3 is 1. The summed E-state index contributed by atoms with van der Waals surface area (Å²) in [6.45, 7) is 0.932. The van der Waals surface area contributed by atoms with Crippen LogP contribution in [0.1, 0.15) is 30.4 Å². The van der Waals surface area contributed by atoms with E-state index in [9.17, 15) is 13.2 Å². The molecule has 0 amide bonds. The number of hydrogen-bond acceptors (Lipinski definition) is 5. The summed E-state index contributed by atoms with van der Waals surface area (Å²) in [5.41, 5.74) is 3.27. The van der Waals surface area contributed by atoms with Crippen LogP contribution in [0.25, 0.3) is 16.6 Å².